The van der Waals surface area contributed by atoms with Gasteiger partial charge >= 0.3 is 0 Å². The molecule has 0 bridgehead atoms. The minimum Gasteiger partial charge on any atom is -0.497 e. The molecule has 2 aliphatic rings. The van der Waals surface area contributed by atoms with Crippen molar-refractivity contribution < 1.29 is 9.53 Å². The number of nitrogens with one attached hydrogen (secondary N) is 1. The molecule has 1 unspecified atom stereocenters. The van der Waals surface area contributed by atoms with E-state index in [2.05, 4.69) is 35.3 Å². The van der Waals surface area contributed by atoms with Gasteiger partial charge in [-0.25, -0.2) is 0 Å². The van der Waals surface area contributed by atoms with Gasteiger partial charge in [0, 0.05) is 31.9 Å². The first-order valence-corrected chi connectivity index (χ1v) is 9.38. The number of benzene rings is 1. The summed E-state index contributed by atoms with van der Waals surface area (Å²) in [6.45, 7) is 7.73. The fraction of sp³-hybridized carbons (Fsp3) is 0.550. The molecule has 1 aromatic carbocycles. The van der Waals surface area contributed by atoms with Crippen LogP contribution in [0.25, 0.3) is 0 Å². The van der Waals surface area contributed by atoms with Gasteiger partial charge in [-0.1, -0.05) is 19.1 Å². The zero-order valence-electron chi connectivity index (χ0n) is 15.1. The first-order chi connectivity index (χ1) is 12.2. The lowest BCUT2D eigenvalue weighted by molar-refractivity contribution is -0.132. The van der Waals surface area contributed by atoms with Crippen molar-refractivity contribution in [1.82, 2.24) is 9.80 Å². The lowest BCUT2D eigenvalue weighted by Crippen LogP contribution is -2.48. The number of likely N-dealkylation sites (N-methyl/N-ethyl adjacent to an activating group) is 1. The van der Waals surface area contributed by atoms with Crippen LogP contribution in [0, 0.1) is 0 Å². The van der Waals surface area contributed by atoms with Crippen molar-refractivity contribution in [2.24, 2.45) is 0 Å². The third kappa shape index (κ3) is 5.23. The van der Waals surface area contributed by atoms with Crippen LogP contribution in [0.2, 0.25) is 0 Å². The fourth-order valence-electron chi connectivity index (χ4n) is 3.31. The summed E-state index contributed by atoms with van der Waals surface area (Å²) in [6.07, 6.45) is 6.73. The van der Waals surface area contributed by atoms with Crippen molar-refractivity contribution in [3.05, 3.63) is 42.2 Å². The van der Waals surface area contributed by atoms with Crippen LogP contribution in [-0.4, -0.2) is 61.1 Å². The van der Waals surface area contributed by atoms with E-state index in [-0.39, 0.29) is 12.0 Å². The molecule has 0 radical (unpaired) electrons. The zero-order chi connectivity index (χ0) is 17.5. The minimum absolute atomic E-state index is 0.235. The van der Waals surface area contributed by atoms with Crippen LogP contribution in [0.4, 0.5) is 5.69 Å². The van der Waals surface area contributed by atoms with E-state index in [9.17, 15) is 4.79 Å². The van der Waals surface area contributed by atoms with E-state index in [1.165, 1.54) is 0 Å². The molecule has 1 saturated heterocycles. The van der Waals surface area contributed by atoms with Gasteiger partial charge in [-0.2, -0.15) is 0 Å². The van der Waals surface area contributed by atoms with E-state index < -0.39 is 0 Å². The average Bonchev–Trinajstić information content (AvgIpc) is 2.68. The molecular weight excluding hydrogens is 314 g/mol. The molecule has 2 aliphatic heterocycles. The summed E-state index contributed by atoms with van der Waals surface area (Å²) in [7, 11) is 0. The van der Waals surface area contributed by atoms with Crippen molar-refractivity contribution >= 4 is 11.6 Å². The Morgan fingerprint density at radius 3 is 2.60 bits per heavy atom. The van der Waals surface area contributed by atoms with Crippen molar-refractivity contribution in [2.75, 3.05) is 44.6 Å². The van der Waals surface area contributed by atoms with Gasteiger partial charge in [-0.05, 0) is 43.2 Å². The first-order valence-electron chi connectivity index (χ1n) is 9.38. The van der Waals surface area contributed by atoms with Gasteiger partial charge in [-0.15, -0.1) is 0 Å². The first kappa shape index (κ1) is 17.8. The van der Waals surface area contributed by atoms with Gasteiger partial charge in [0.15, 0.2) is 0 Å². The van der Waals surface area contributed by atoms with Gasteiger partial charge in [0.1, 0.15) is 6.10 Å². The van der Waals surface area contributed by atoms with Gasteiger partial charge < -0.3 is 19.9 Å². The Hall–Kier alpha value is -2.01. The number of hydrogen-bond acceptors (Lipinski definition) is 4. The van der Waals surface area contributed by atoms with Gasteiger partial charge in [0.25, 0.3) is 0 Å². The molecule has 3 rings (SSSR count). The Morgan fingerprint density at radius 1 is 1.20 bits per heavy atom. The summed E-state index contributed by atoms with van der Waals surface area (Å²) in [5.41, 5.74) is 2.15. The van der Waals surface area contributed by atoms with Crippen molar-refractivity contribution in [1.29, 1.82) is 0 Å². The summed E-state index contributed by atoms with van der Waals surface area (Å²) >= 11 is 0. The number of carbonyl (C=O) groups excluding carboxylic acids is 1. The van der Waals surface area contributed by atoms with Crippen LogP contribution >= 0.6 is 0 Å². The third-order valence-electron chi connectivity index (χ3n) is 5.04. The molecule has 0 spiro atoms. The number of allylic oxidation sites excluding steroid dienone is 1. The van der Waals surface area contributed by atoms with Gasteiger partial charge in [0.2, 0.25) is 5.91 Å². The number of piperazine rings is 1. The topological polar surface area (TPSA) is 44.8 Å². The maximum atomic E-state index is 12.4. The number of rotatable bonds is 6. The molecular formula is C20H29N3O2. The average molecular weight is 343 g/mol. The molecule has 1 amide bonds. The predicted molar refractivity (Wildman–Crippen MR) is 101 cm³/mol. The zero-order valence-corrected chi connectivity index (χ0v) is 15.1. The molecule has 1 fully saturated rings. The summed E-state index contributed by atoms with van der Waals surface area (Å²) in [4.78, 5) is 16.8. The highest BCUT2D eigenvalue weighted by molar-refractivity contribution is 5.79. The second kappa shape index (κ2) is 8.90. The molecule has 5 nitrogen and oxygen atoms in total. The number of amides is 1. The Labute approximate surface area is 150 Å². The maximum absolute atomic E-state index is 12.4. The Balaban J connectivity index is 1.44. The molecule has 0 aliphatic carbocycles. The second-order valence-corrected chi connectivity index (χ2v) is 6.78. The fourth-order valence-corrected chi connectivity index (χ4v) is 3.31. The highest BCUT2D eigenvalue weighted by atomic mass is 16.5. The Morgan fingerprint density at radius 2 is 1.96 bits per heavy atom. The largest absolute Gasteiger partial charge is 0.497 e. The molecule has 1 aromatic rings. The maximum Gasteiger partial charge on any atom is 0.227 e. The van der Waals surface area contributed by atoms with Crippen LogP contribution in [0.3, 0.4) is 0 Å². The molecule has 1 N–H and O–H groups in total. The van der Waals surface area contributed by atoms with Gasteiger partial charge in [0.05, 0.1) is 19.2 Å². The Kier molecular flexibility index (Phi) is 6.34. The monoisotopic (exact) mass is 343 g/mol. The van der Waals surface area contributed by atoms with Crippen LogP contribution in [0.1, 0.15) is 25.3 Å². The summed E-state index contributed by atoms with van der Waals surface area (Å²) in [6, 6.07) is 8.20. The van der Waals surface area contributed by atoms with E-state index >= 15 is 0 Å². The van der Waals surface area contributed by atoms with Crippen molar-refractivity contribution in [3.63, 3.8) is 0 Å². The molecule has 0 aromatic heterocycles. The van der Waals surface area contributed by atoms with E-state index in [0.29, 0.717) is 6.42 Å². The number of nitrogens with zero attached hydrogens (tertiary/aromatic N) is 2. The number of carbonyl (C=O) groups is 1. The number of hydrogen-bond donors (Lipinski definition) is 1. The van der Waals surface area contributed by atoms with E-state index in [1.54, 1.807) is 6.26 Å². The minimum atomic E-state index is 0.235. The van der Waals surface area contributed by atoms with E-state index in [4.69, 9.17) is 4.74 Å². The Bertz CT molecular complexity index is 577. The second-order valence-electron chi connectivity index (χ2n) is 6.78. The predicted octanol–water partition coefficient (Wildman–Crippen LogP) is 2.50. The van der Waals surface area contributed by atoms with Crippen molar-refractivity contribution in [3.8, 4) is 0 Å². The van der Waals surface area contributed by atoms with Crippen LogP contribution in [0.5, 0.6) is 0 Å². The van der Waals surface area contributed by atoms with Gasteiger partial charge in [-0.3, -0.25) is 4.79 Å². The highest BCUT2D eigenvalue weighted by Gasteiger charge is 2.20. The normalized spacial score (nSPS) is 21.0. The molecule has 136 valence electrons. The van der Waals surface area contributed by atoms with Crippen LogP contribution in [0.15, 0.2) is 36.6 Å². The summed E-state index contributed by atoms with van der Waals surface area (Å²) in [5.74, 6) is 0.235. The van der Waals surface area contributed by atoms with E-state index in [1.807, 2.05) is 17.0 Å². The standard InChI is InChI=1S/C20H29N3O2/c1-2-22-10-12-23(13-11-22)20(24)15-17-6-8-18(9-7-17)21-16-19-5-3-4-14-25-19/h4,6-9,14,19,21H,2-3,5,10-13,15-16H2,1H3. The number of anilines is 1. The lowest BCUT2D eigenvalue weighted by atomic mass is 10.1. The van der Waals surface area contributed by atoms with Crippen LogP contribution < -0.4 is 5.32 Å². The third-order valence-corrected chi connectivity index (χ3v) is 5.04. The quantitative estimate of drug-likeness (QED) is 0.862. The smallest absolute Gasteiger partial charge is 0.227 e. The molecule has 25 heavy (non-hydrogen) atoms. The van der Waals surface area contributed by atoms with Crippen LogP contribution in [-0.2, 0) is 16.0 Å². The molecule has 5 heteroatoms. The number of ether oxygens (including phenoxy) is 1. The highest BCUT2D eigenvalue weighted by Crippen LogP contribution is 2.14. The summed E-state index contributed by atoms with van der Waals surface area (Å²) in [5, 5.41) is 3.41. The molecule has 1 atom stereocenters. The SMILES string of the molecule is CCN1CCN(C(=O)Cc2ccc(NCC3CCC=CO3)cc2)CC1. The lowest BCUT2D eigenvalue weighted by Gasteiger charge is -2.34. The van der Waals surface area contributed by atoms with Crippen molar-refractivity contribution in [2.45, 2.75) is 32.3 Å². The van der Waals surface area contributed by atoms with E-state index in [0.717, 1.165) is 63.4 Å². The molecule has 2 heterocycles. The summed E-state index contributed by atoms with van der Waals surface area (Å²) < 4.78 is 5.56. The molecule has 0 saturated carbocycles.